The van der Waals surface area contributed by atoms with Gasteiger partial charge in [-0.15, -0.1) is 21.5 Å². The SMILES string of the molecule is Cc1nc(-c2cccnc2)sc1C(=O)N1CCCC(C(=O)Nc2nnc(C3CCCO3)s2)C1. The minimum absolute atomic E-state index is 0.0184. The Bertz CT molecular complexity index is 1140. The van der Waals surface area contributed by atoms with Crippen molar-refractivity contribution in [2.45, 2.75) is 38.7 Å². The van der Waals surface area contributed by atoms with E-state index >= 15 is 0 Å². The highest BCUT2D eigenvalue weighted by Gasteiger charge is 2.31. The number of likely N-dealkylation sites (tertiary alicyclic amines) is 1. The predicted molar refractivity (Wildman–Crippen MR) is 125 cm³/mol. The van der Waals surface area contributed by atoms with Crippen molar-refractivity contribution in [1.82, 2.24) is 25.1 Å². The van der Waals surface area contributed by atoms with E-state index in [0.717, 1.165) is 47.9 Å². The zero-order valence-electron chi connectivity index (χ0n) is 18.2. The number of nitrogens with zero attached hydrogens (tertiary/aromatic N) is 5. The Balaban J connectivity index is 1.24. The molecule has 5 heterocycles. The molecule has 3 aromatic heterocycles. The fourth-order valence-electron chi connectivity index (χ4n) is 4.12. The third-order valence-corrected chi connectivity index (χ3v) is 7.98. The number of hydrogen-bond acceptors (Lipinski definition) is 9. The van der Waals surface area contributed by atoms with E-state index in [1.165, 1.54) is 22.7 Å². The van der Waals surface area contributed by atoms with Crippen LogP contribution in [0.25, 0.3) is 10.6 Å². The van der Waals surface area contributed by atoms with Crippen LogP contribution in [0.2, 0.25) is 0 Å². The summed E-state index contributed by atoms with van der Waals surface area (Å²) >= 11 is 2.73. The number of ether oxygens (including phenoxy) is 1. The second-order valence-electron chi connectivity index (χ2n) is 8.20. The third kappa shape index (κ3) is 4.80. The van der Waals surface area contributed by atoms with E-state index in [-0.39, 0.29) is 23.8 Å². The number of thiazole rings is 1. The molecule has 0 spiro atoms. The number of aryl methyl sites for hydroxylation is 1. The van der Waals surface area contributed by atoms with E-state index in [1.54, 1.807) is 17.3 Å². The molecule has 2 saturated heterocycles. The summed E-state index contributed by atoms with van der Waals surface area (Å²) in [5.41, 5.74) is 1.59. The molecule has 2 aliphatic heterocycles. The Hall–Kier alpha value is -2.76. The fraction of sp³-hybridized carbons (Fsp3) is 0.455. The van der Waals surface area contributed by atoms with Crippen LogP contribution in [0.15, 0.2) is 24.5 Å². The molecule has 0 aliphatic carbocycles. The maximum absolute atomic E-state index is 13.3. The number of pyridine rings is 1. The molecular weight excluding hydrogens is 460 g/mol. The lowest BCUT2D eigenvalue weighted by Gasteiger charge is -2.31. The molecule has 2 fully saturated rings. The second-order valence-corrected chi connectivity index (χ2v) is 10.2. The molecule has 0 bridgehead atoms. The van der Waals surface area contributed by atoms with E-state index < -0.39 is 0 Å². The standard InChI is InChI=1S/C22H24N6O3S2/c1-13-17(32-19(24-13)14-5-2-8-23-11-14)21(30)28-9-3-6-15(12-28)18(29)25-22-27-26-20(33-22)16-7-4-10-31-16/h2,5,8,11,15-16H,3-4,6-7,9-10,12H2,1H3,(H,25,27,29). The van der Waals surface area contributed by atoms with Crippen molar-refractivity contribution >= 4 is 39.6 Å². The molecular formula is C22H24N6O3S2. The lowest BCUT2D eigenvalue weighted by molar-refractivity contribution is -0.121. The van der Waals surface area contributed by atoms with Crippen LogP contribution in [-0.2, 0) is 9.53 Å². The zero-order valence-corrected chi connectivity index (χ0v) is 19.8. The van der Waals surface area contributed by atoms with E-state index in [0.29, 0.717) is 28.8 Å². The maximum Gasteiger partial charge on any atom is 0.265 e. The summed E-state index contributed by atoms with van der Waals surface area (Å²) in [7, 11) is 0. The van der Waals surface area contributed by atoms with E-state index in [9.17, 15) is 9.59 Å². The lowest BCUT2D eigenvalue weighted by atomic mass is 9.97. The maximum atomic E-state index is 13.3. The second kappa shape index (κ2) is 9.62. The first-order chi connectivity index (χ1) is 16.1. The van der Waals surface area contributed by atoms with Crippen LogP contribution in [0.3, 0.4) is 0 Å². The van der Waals surface area contributed by atoms with Gasteiger partial charge in [-0.3, -0.25) is 14.6 Å². The summed E-state index contributed by atoms with van der Waals surface area (Å²) in [4.78, 5) is 37.2. The summed E-state index contributed by atoms with van der Waals surface area (Å²) < 4.78 is 5.64. The van der Waals surface area contributed by atoms with Gasteiger partial charge in [-0.2, -0.15) is 0 Å². The number of piperidine rings is 1. The predicted octanol–water partition coefficient (Wildman–Crippen LogP) is 3.71. The summed E-state index contributed by atoms with van der Waals surface area (Å²) in [6.07, 6.45) is 6.88. The first-order valence-electron chi connectivity index (χ1n) is 11.0. The molecule has 0 aromatic carbocycles. The third-order valence-electron chi connectivity index (χ3n) is 5.85. The van der Waals surface area contributed by atoms with Gasteiger partial charge >= 0.3 is 0 Å². The van der Waals surface area contributed by atoms with Crippen LogP contribution < -0.4 is 5.32 Å². The average molecular weight is 485 g/mol. The van der Waals surface area contributed by atoms with Gasteiger partial charge < -0.3 is 15.0 Å². The van der Waals surface area contributed by atoms with E-state index in [4.69, 9.17) is 4.74 Å². The fourth-order valence-corrected chi connectivity index (χ4v) is 5.98. The smallest absolute Gasteiger partial charge is 0.265 e. The van der Waals surface area contributed by atoms with Gasteiger partial charge in [0.1, 0.15) is 21.0 Å². The van der Waals surface area contributed by atoms with Crippen molar-refractivity contribution < 1.29 is 14.3 Å². The number of aromatic nitrogens is 4. The number of amides is 2. The molecule has 11 heteroatoms. The molecule has 33 heavy (non-hydrogen) atoms. The Labute approximate surface area is 199 Å². The summed E-state index contributed by atoms with van der Waals surface area (Å²) in [6, 6.07) is 3.78. The van der Waals surface area contributed by atoms with Gasteiger partial charge in [-0.1, -0.05) is 11.3 Å². The zero-order chi connectivity index (χ0) is 22.8. The number of rotatable bonds is 5. The largest absolute Gasteiger partial charge is 0.371 e. The molecule has 2 aliphatic rings. The van der Waals surface area contributed by atoms with Crippen LogP contribution in [0.4, 0.5) is 5.13 Å². The van der Waals surface area contributed by atoms with Crippen molar-refractivity contribution in [3.63, 3.8) is 0 Å². The molecule has 0 radical (unpaired) electrons. The minimum atomic E-state index is -0.288. The topological polar surface area (TPSA) is 110 Å². The minimum Gasteiger partial charge on any atom is -0.371 e. The van der Waals surface area contributed by atoms with Gasteiger partial charge in [0.15, 0.2) is 0 Å². The van der Waals surface area contributed by atoms with Crippen LogP contribution in [-0.4, -0.2) is 56.6 Å². The number of carbonyl (C=O) groups is 2. The van der Waals surface area contributed by atoms with Crippen molar-refractivity contribution in [2.24, 2.45) is 5.92 Å². The molecule has 2 atom stereocenters. The van der Waals surface area contributed by atoms with Gasteiger partial charge in [0.25, 0.3) is 5.91 Å². The lowest BCUT2D eigenvalue weighted by Crippen LogP contribution is -2.43. The Morgan fingerprint density at radius 2 is 2.12 bits per heavy atom. The average Bonchev–Trinajstić information content (AvgIpc) is 3.60. The van der Waals surface area contributed by atoms with Crippen LogP contribution in [0.1, 0.15) is 52.2 Å². The van der Waals surface area contributed by atoms with Crippen LogP contribution in [0, 0.1) is 12.8 Å². The molecule has 5 rings (SSSR count). The monoisotopic (exact) mass is 484 g/mol. The van der Waals surface area contributed by atoms with Gasteiger partial charge in [0, 0.05) is 37.7 Å². The van der Waals surface area contributed by atoms with Gasteiger partial charge in [-0.05, 0) is 44.7 Å². The van der Waals surface area contributed by atoms with Crippen LogP contribution >= 0.6 is 22.7 Å². The van der Waals surface area contributed by atoms with Gasteiger partial charge in [0.2, 0.25) is 11.0 Å². The first kappa shape index (κ1) is 22.1. The van der Waals surface area contributed by atoms with Crippen molar-refractivity contribution in [3.05, 3.63) is 40.1 Å². The highest BCUT2D eigenvalue weighted by molar-refractivity contribution is 7.17. The molecule has 172 valence electrons. The quantitative estimate of drug-likeness (QED) is 0.588. The summed E-state index contributed by atoms with van der Waals surface area (Å²) in [6.45, 7) is 3.59. The first-order valence-corrected chi connectivity index (χ1v) is 12.6. The molecule has 2 unspecified atom stereocenters. The normalized spacial score (nSPS) is 20.7. The van der Waals surface area contributed by atoms with Crippen molar-refractivity contribution in [2.75, 3.05) is 25.0 Å². The molecule has 1 N–H and O–H groups in total. The van der Waals surface area contributed by atoms with Crippen LogP contribution in [0.5, 0.6) is 0 Å². The number of carbonyl (C=O) groups excluding carboxylic acids is 2. The molecule has 9 nitrogen and oxygen atoms in total. The molecule has 0 saturated carbocycles. The van der Waals surface area contributed by atoms with Gasteiger partial charge in [-0.25, -0.2) is 4.98 Å². The number of anilines is 1. The Morgan fingerprint density at radius 3 is 2.91 bits per heavy atom. The summed E-state index contributed by atoms with van der Waals surface area (Å²) in [5, 5.41) is 13.2. The van der Waals surface area contributed by atoms with E-state index in [1.807, 2.05) is 19.1 Å². The highest BCUT2D eigenvalue weighted by atomic mass is 32.1. The molecule has 2 amide bonds. The number of hydrogen-bond donors (Lipinski definition) is 1. The molecule has 3 aromatic rings. The van der Waals surface area contributed by atoms with Crippen molar-refractivity contribution in [3.8, 4) is 10.6 Å². The van der Waals surface area contributed by atoms with Gasteiger partial charge in [0.05, 0.1) is 11.6 Å². The Kier molecular flexibility index (Phi) is 6.43. The Morgan fingerprint density at radius 1 is 1.21 bits per heavy atom. The number of nitrogens with one attached hydrogen (secondary N) is 1. The van der Waals surface area contributed by atoms with Crippen molar-refractivity contribution in [1.29, 1.82) is 0 Å². The highest BCUT2D eigenvalue weighted by Crippen LogP contribution is 2.33. The van der Waals surface area contributed by atoms with E-state index in [2.05, 4.69) is 25.5 Å². The summed E-state index contributed by atoms with van der Waals surface area (Å²) in [5.74, 6) is -0.488.